The minimum absolute atomic E-state index is 0.475. The van der Waals surface area contributed by atoms with Gasteiger partial charge in [-0.15, -0.1) is 0 Å². The summed E-state index contributed by atoms with van der Waals surface area (Å²) >= 11 is 0. The van der Waals surface area contributed by atoms with Crippen LogP contribution in [-0.2, 0) is 4.79 Å². The Bertz CT molecular complexity index is 361. The lowest BCUT2D eigenvalue weighted by Crippen LogP contribution is -2.24. The Kier molecular flexibility index (Phi) is 4.09. The second-order valence-electron chi connectivity index (χ2n) is 4.48. The fourth-order valence-electron chi connectivity index (χ4n) is 2.30. The molecule has 0 aromatic carbocycles. The van der Waals surface area contributed by atoms with Crippen molar-refractivity contribution in [2.45, 2.75) is 25.2 Å². The number of likely N-dealkylation sites (tertiary alicyclic amines) is 1. The van der Waals surface area contributed by atoms with E-state index in [9.17, 15) is 9.90 Å². The van der Waals surface area contributed by atoms with Crippen LogP contribution in [0, 0.1) is 0 Å². The van der Waals surface area contributed by atoms with E-state index in [1.807, 2.05) is 12.1 Å². The molecule has 4 heteroatoms. The Hall–Kier alpha value is -1.42. The van der Waals surface area contributed by atoms with Crippen LogP contribution in [0.5, 0.6) is 0 Å². The van der Waals surface area contributed by atoms with Gasteiger partial charge in [0.2, 0.25) is 0 Å². The second kappa shape index (κ2) is 5.77. The van der Waals surface area contributed by atoms with Crippen LogP contribution in [0.4, 0.5) is 0 Å². The molecule has 2 rings (SSSR count). The fraction of sp³-hybridized carbons (Fsp3) is 0.538. The lowest BCUT2D eigenvalue weighted by atomic mass is 10.0. The quantitative estimate of drug-likeness (QED) is 0.843. The Morgan fingerprint density at radius 2 is 2.18 bits per heavy atom. The van der Waals surface area contributed by atoms with Gasteiger partial charge in [-0.2, -0.15) is 0 Å². The molecule has 0 spiro atoms. The summed E-state index contributed by atoms with van der Waals surface area (Å²) < 4.78 is 0. The highest BCUT2D eigenvalue weighted by Gasteiger charge is 2.22. The first-order chi connectivity index (χ1) is 8.27. The third-order valence-electron chi connectivity index (χ3n) is 3.28. The van der Waals surface area contributed by atoms with Gasteiger partial charge >= 0.3 is 5.97 Å². The molecular weight excluding hydrogens is 216 g/mol. The van der Waals surface area contributed by atoms with E-state index in [1.54, 1.807) is 12.3 Å². The van der Waals surface area contributed by atoms with Gasteiger partial charge in [0.25, 0.3) is 0 Å². The van der Waals surface area contributed by atoms with Crippen LogP contribution < -0.4 is 0 Å². The molecule has 1 aromatic heterocycles. The van der Waals surface area contributed by atoms with Crippen molar-refractivity contribution < 1.29 is 9.90 Å². The molecular formula is C13H18N2O2. The summed E-state index contributed by atoms with van der Waals surface area (Å²) in [5.41, 5.74) is 0.666. The monoisotopic (exact) mass is 234 g/mol. The number of carbonyl (C=O) groups is 1. The number of hydrogen-bond donors (Lipinski definition) is 1. The van der Waals surface area contributed by atoms with E-state index in [0.717, 1.165) is 19.6 Å². The normalized spacial score (nSPS) is 18.1. The summed E-state index contributed by atoms with van der Waals surface area (Å²) in [7, 11) is 0. The lowest BCUT2D eigenvalue weighted by molar-refractivity contribution is -0.139. The highest BCUT2D eigenvalue weighted by molar-refractivity contribution is 5.75. The average molecular weight is 234 g/mol. The van der Waals surface area contributed by atoms with Crippen LogP contribution in [0.2, 0.25) is 0 Å². The number of aliphatic carboxylic acids is 1. The fourth-order valence-corrected chi connectivity index (χ4v) is 2.30. The van der Waals surface area contributed by atoms with Crippen molar-refractivity contribution >= 4 is 5.97 Å². The number of nitrogens with zero attached hydrogens (tertiary/aromatic N) is 2. The first-order valence-electron chi connectivity index (χ1n) is 6.13. The molecule has 0 aliphatic carbocycles. The molecule has 1 aromatic rings. The van der Waals surface area contributed by atoms with Crippen LogP contribution in [0.1, 0.15) is 30.9 Å². The zero-order valence-corrected chi connectivity index (χ0v) is 9.88. The van der Waals surface area contributed by atoms with Crippen molar-refractivity contribution in [2.75, 3.05) is 19.6 Å². The third kappa shape index (κ3) is 3.27. The molecule has 0 saturated carbocycles. The Labute approximate surface area is 101 Å². The molecule has 1 fully saturated rings. The standard InChI is InChI=1S/C13H18N2O2/c16-13(17)11(12-5-1-2-7-14-12)6-10-15-8-3-4-9-15/h1-2,5,7,11H,3-4,6,8-10H2,(H,16,17). The molecule has 2 heterocycles. The Morgan fingerprint density at radius 1 is 1.41 bits per heavy atom. The van der Waals surface area contributed by atoms with Crippen LogP contribution in [-0.4, -0.2) is 40.6 Å². The molecule has 92 valence electrons. The zero-order valence-electron chi connectivity index (χ0n) is 9.88. The smallest absolute Gasteiger partial charge is 0.312 e. The highest BCUT2D eigenvalue weighted by Crippen LogP contribution is 2.19. The largest absolute Gasteiger partial charge is 0.481 e. The molecule has 0 bridgehead atoms. The molecule has 0 radical (unpaired) electrons. The van der Waals surface area contributed by atoms with Crippen LogP contribution in [0.3, 0.4) is 0 Å². The third-order valence-corrected chi connectivity index (χ3v) is 3.28. The summed E-state index contributed by atoms with van der Waals surface area (Å²) in [6, 6.07) is 5.44. The van der Waals surface area contributed by atoms with Gasteiger partial charge in [0.15, 0.2) is 0 Å². The first kappa shape index (κ1) is 12.0. The number of hydrogen-bond acceptors (Lipinski definition) is 3. The number of carboxylic acids is 1. The number of rotatable bonds is 5. The van der Waals surface area contributed by atoms with E-state index in [1.165, 1.54) is 12.8 Å². The van der Waals surface area contributed by atoms with E-state index in [2.05, 4.69) is 9.88 Å². The SMILES string of the molecule is O=C(O)C(CCN1CCCC1)c1ccccn1. The Balaban J connectivity index is 1.95. The predicted molar refractivity (Wildman–Crippen MR) is 64.9 cm³/mol. The van der Waals surface area contributed by atoms with Crippen molar-refractivity contribution in [3.63, 3.8) is 0 Å². The number of pyridine rings is 1. The highest BCUT2D eigenvalue weighted by atomic mass is 16.4. The van der Waals surface area contributed by atoms with Gasteiger partial charge in [0, 0.05) is 6.20 Å². The number of carboxylic acid groups (broad SMARTS) is 1. The minimum Gasteiger partial charge on any atom is -0.481 e. The first-order valence-corrected chi connectivity index (χ1v) is 6.13. The maximum Gasteiger partial charge on any atom is 0.312 e. The van der Waals surface area contributed by atoms with Crippen LogP contribution in [0.15, 0.2) is 24.4 Å². The molecule has 1 saturated heterocycles. The molecule has 4 nitrogen and oxygen atoms in total. The number of aromatic nitrogens is 1. The van der Waals surface area contributed by atoms with Crippen molar-refractivity contribution in [3.05, 3.63) is 30.1 Å². The lowest BCUT2D eigenvalue weighted by Gasteiger charge is -2.17. The molecule has 1 atom stereocenters. The molecule has 17 heavy (non-hydrogen) atoms. The topological polar surface area (TPSA) is 53.4 Å². The van der Waals surface area contributed by atoms with Crippen molar-refractivity contribution in [3.8, 4) is 0 Å². The van der Waals surface area contributed by atoms with E-state index in [0.29, 0.717) is 12.1 Å². The summed E-state index contributed by atoms with van der Waals surface area (Å²) in [5.74, 6) is -1.25. The molecule has 1 aliphatic heterocycles. The average Bonchev–Trinajstić information content (AvgIpc) is 2.83. The van der Waals surface area contributed by atoms with Crippen LogP contribution in [0.25, 0.3) is 0 Å². The van der Waals surface area contributed by atoms with Gasteiger partial charge in [-0.25, -0.2) is 0 Å². The van der Waals surface area contributed by atoms with Crippen molar-refractivity contribution in [2.24, 2.45) is 0 Å². The summed E-state index contributed by atoms with van der Waals surface area (Å²) in [6.45, 7) is 3.07. The van der Waals surface area contributed by atoms with Gasteiger partial charge in [0.05, 0.1) is 5.69 Å². The summed E-state index contributed by atoms with van der Waals surface area (Å²) in [6.07, 6.45) is 4.77. The predicted octanol–water partition coefficient (Wildman–Crippen LogP) is 1.74. The maximum absolute atomic E-state index is 11.2. The molecule has 1 aliphatic rings. The van der Waals surface area contributed by atoms with Gasteiger partial charge in [-0.05, 0) is 51.0 Å². The van der Waals surface area contributed by atoms with E-state index in [4.69, 9.17) is 0 Å². The zero-order chi connectivity index (χ0) is 12.1. The van der Waals surface area contributed by atoms with E-state index >= 15 is 0 Å². The molecule has 1 N–H and O–H groups in total. The second-order valence-corrected chi connectivity index (χ2v) is 4.48. The van der Waals surface area contributed by atoms with Crippen molar-refractivity contribution in [1.82, 2.24) is 9.88 Å². The Morgan fingerprint density at radius 3 is 2.76 bits per heavy atom. The molecule has 1 unspecified atom stereocenters. The van der Waals surface area contributed by atoms with E-state index in [-0.39, 0.29) is 0 Å². The van der Waals surface area contributed by atoms with E-state index < -0.39 is 11.9 Å². The van der Waals surface area contributed by atoms with Crippen molar-refractivity contribution in [1.29, 1.82) is 0 Å². The molecule has 0 amide bonds. The van der Waals surface area contributed by atoms with Gasteiger partial charge in [-0.1, -0.05) is 6.07 Å². The summed E-state index contributed by atoms with van der Waals surface area (Å²) in [4.78, 5) is 17.7. The summed E-state index contributed by atoms with van der Waals surface area (Å²) in [5, 5.41) is 9.24. The van der Waals surface area contributed by atoms with Gasteiger partial charge < -0.3 is 10.0 Å². The minimum atomic E-state index is -0.775. The van der Waals surface area contributed by atoms with Gasteiger partial charge in [0.1, 0.15) is 5.92 Å². The maximum atomic E-state index is 11.2. The van der Waals surface area contributed by atoms with Gasteiger partial charge in [-0.3, -0.25) is 9.78 Å². The van der Waals surface area contributed by atoms with Crippen LogP contribution >= 0.6 is 0 Å².